The van der Waals surface area contributed by atoms with E-state index in [0.717, 1.165) is 32.4 Å². The minimum atomic E-state index is -0.677. The molecule has 3 heteroatoms. The maximum Gasteiger partial charge on any atom is 0.303 e. The van der Waals surface area contributed by atoms with Crippen LogP contribution in [-0.4, -0.2) is 35.1 Å². The number of hydrogen-bond donors (Lipinski definition) is 1. The van der Waals surface area contributed by atoms with Gasteiger partial charge >= 0.3 is 5.97 Å². The summed E-state index contributed by atoms with van der Waals surface area (Å²) in [6, 6.07) is 0.481. The molecule has 0 radical (unpaired) electrons. The van der Waals surface area contributed by atoms with Gasteiger partial charge < -0.3 is 10.0 Å². The second-order valence-corrected chi connectivity index (χ2v) is 4.20. The SMILES string of the molecule is C=CCCN1CCCCC1CCC(=O)O. The number of rotatable bonds is 6. The van der Waals surface area contributed by atoms with Crippen LogP contribution >= 0.6 is 0 Å². The Kier molecular flexibility index (Phi) is 5.40. The smallest absolute Gasteiger partial charge is 0.303 e. The molecule has 1 atom stereocenters. The van der Waals surface area contributed by atoms with Gasteiger partial charge in [0.15, 0.2) is 0 Å². The first-order valence-corrected chi connectivity index (χ1v) is 5.80. The molecule has 0 aromatic heterocycles. The lowest BCUT2D eigenvalue weighted by molar-refractivity contribution is -0.137. The molecule has 1 fully saturated rings. The lowest BCUT2D eigenvalue weighted by Gasteiger charge is -2.35. The van der Waals surface area contributed by atoms with Crippen LogP contribution in [0.4, 0.5) is 0 Å². The summed E-state index contributed by atoms with van der Waals surface area (Å²) in [5.74, 6) is -0.677. The van der Waals surface area contributed by atoms with Gasteiger partial charge in [0.05, 0.1) is 0 Å². The van der Waals surface area contributed by atoms with Gasteiger partial charge in [-0.05, 0) is 32.2 Å². The van der Waals surface area contributed by atoms with Crippen LogP contribution in [-0.2, 0) is 4.79 Å². The Morgan fingerprint density at radius 3 is 3.00 bits per heavy atom. The van der Waals surface area contributed by atoms with Gasteiger partial charge in [0.1, 0.15) is 0 Å². The number of likely N-dealkylation sites (tertiary alicyclic amines) is 1. The minimum Gasteiger partial charge on any atom is -0.481 e. The van der Waals surface area contributed by atoms with Crippen molar-refractivity contribution < 1.29 is 9.90 Å². The molecular weight excluding hydrogens is 190 g/mol. The van der Waals surface area contributed by atoms with Gasteiger partial charge in [0.25, 0.3) is 0 Å². The molecule has 0 aromatic rings. The van der Waals surface area contributed by atoms with Crippen LogP contribution in [0.25, 0.3) is 0 Å². The van der Waals surface area contributed by atoms with Gasteiger partial charge in [0, 0.05) is 19.0 Å². The Labute approximate surface area is 91.8 Å². The van der Waals surface area contributed by atoms with Gasteiger partial charge in [-0.2, -0.15) is 0 Å². The summed E-state index contributed by atoms with van der Waals surface area (Å²) in [5, 5.41) is 8.67. The summed E-state index contributed by atoms with van der Waals surface area (Å²) in [6.45, 7) is 5.88. The van der Waals surface area contributed by atoms with Crippen molar-refractivity contribution in [2.75, 3.05) is 13.1 Å². The van der Waals surface area contributed by atoms with E-state index in [-0.39, 0.29) is 0 Å². The fraction of sp³-hybridized carbons (Fsp3) is 0.750. The van der Waals surface area contributed by atoms with Crippen molar-refractivity contribution in [2.45, 2.75) is 44.6 Å². The highest BCUT2D eigenvalue weighted by Gasteiger charge is 2.21. The van der Waals surface area contributed by atoms with Gasteiger partial charge in [-0.3, -0.25) is 4.79 Å². The van der Waals surface area contributed by atoms with Crippen molar-refractivity contribution in [3.05, 3.63) is 12.7 Å². The molecule has 1 saturated heterocycles. The second-order valence-electron chi connectivity index (χ2n) is 4.20. The maximum absolute atomic E-state index is 10.5. The van der Waals surface area contributed by atoms with E-state index in [9.17, 15) is 4.79 Å². The monoisotopic (exact) mass is 211 g/mol. The van der Waals surface area contributed by atoms with Crippen LogP contribution in [0.1, 0.15) is 38.5 Å². The van der Waals surface area contributed by atoms with Crippen molar-refractivity contribution in [1.82, 2.24) is 4.90 Å². The van der Waals surface area contributed by atoms with Crippen LogP contribution in [0.2, 0.25) is 0 Å². The zero-order valence-corrected chi connectivity index (χ0v) is 9.32. The minimum absolute atomic E-state index is 0.301. The molecule has 0 aromatic carbocycles. The van der Waals surface area contributed by atoms with Crippen LogP contribution in [0.3, 0.4) is 0 Å². The van der Waals surface area contributed by atoms with Gasteiger partial charge in [-0.25, -0.2) is 0 Å². The Balaban J connectivity index is 2.35. The topological polar surface area (TPSA) is 40.5 Å². The first-order chi connectivity index (χ1) is 7.24. The molecule has 1 heterocycles. The molecule has 1 unspecified atom stereocenters. The number of piperidine rings is 1. The number of carbonyl (C=O) groups is 1. The highest BCUT2D eigenvalue weighted by Crippen LogP contribution is 2.20. The number of hydrogen-bond acceptors (Lipinski definition) is 2. The third-order valence-corrected chi connectivity index (χ3v) is 3.06. The molecule has 1 aliphatic rings. The fourth-order valence-electron chi connectivity index (χ4n) is 2.23. The standard InChI is InChI=1S/C12H21NO2/c1-2-3-9-13-10-5-4-6-11(13)7-8-12(14)15/h2,11H,1,3-10H2,(H,14,15). The van der Waals surface area contributed by atoms with E-state index in [1.807, 2.05) is 6.08 Å². The summed E-state index contributed by atoms with van der Waals surface area (Å²) in [7, 11) is 0. The predicted molar refractivity (Wildman–Crippen MR) is 60.9 cm³/mol. The van der Waals surface area contributed by atoms with Gasteiger partial charge in [0.2, 0.25) is 0 Å². The molecule has 0 amide bonds. The Morgan fingerprint density at radius 1 is 1.53 bits per heavy atom. The molecule has 1 aliphatic heterocycles. The molecule has 1 N–H and O–H groups in total. The molecular formula is C12H21NO2. The van der Waals surface area contributed by atoms with Gasteiger partial charge in [-0.15, -0.1) is 6.58 Å². The van der Waals surface area contributed by atoms with Crippen LogP contribution in [0, 0.1) is 0 Å². The number of carboxylic acids is 1. The molecule has 0 saturated carbocycles. The largest absolute Gasteiger partial charge is 0.481 e. The molecule has 0 bridgehead atoms. The average Bonchev–Trinajstić information content (AvgIpc) is 2.24. The fourth-order valence-corrected chi connectivity index (χ4v) is 2.23. The molecule has 0 aliphatic carbocycles. The average molecular weight is 211 g/mol. The van der Waals surface area contributed by atoms with E-state index in [0.29, 0.717) is 12.5 Å². The summed E-state index contributed by atoms with van der Waals surface area (Å²) in [5.41, 5.74) is 0. The second kappa shape index (κ2) is 6.62. The summed E-state index contributed by atoms with van der Waals surface area (Å²) in [6.07, 6.45) is 7.69. The number of carboxylic acid groups (broad SMARTS) is 1. The summed E-state index contributed by atoms with van der Waals surface area (Å²) < 4.78 is 0. The van der Waals surface area contributed by atoms with Crippen LogP contribution < -0.4 is 0 Å². The van der Waals surface area contributed by atoms with E-state index < -0.39 is 5.97 Å². The van der Waals surface area contributed by atoms with Crippen molar-refractivity contribution in [1.29, 1.82) is 0 Å². The zero-order chi connectivity index (χ0) is 11.1. The summed E-state index contributed by atoms with van der Waals surface area (Å²) >= 11 is 0. The van der Waals surface area contributed by atoms with E-state index in [4.69, 9.17) is 5.11 Å². The van der Waals surface area contributed by atoms with Crippen molar-refractivity contribution >= 4 is 5.97 Å². The summed E-state index contributed by atoms with van der Waals surface area (Å²) in [4.78, 5) is 13.0. The predicted octanol–water partition coefficient (Wildman–Crippen LogP) is 2.28. The number of nitrogens with zero attached hydrogens (tertiary/aromatic N) is 1. The van der Waals surface area contributed by atoms with Crippen molar-refractivity contribution in [3.8, 4) is 0 Å². The van der Waals surface area contributed by atoms with E-state index in [1.165, 1.54) is 12.8 Å². The maximum atomic E-state index is 10.5. The normalized spacial score (nSPS) is 22.5. The molecule has 0 spiro atoms. The first kappa shape index (κ1) is 12.2. The third kappa shape index (κ3) is 4.47. The van der Waals surface area contributed by atoms with Gasteiger partial charge in [-0.1, -0.05) is 12.5 Å². The Bertz CT molecular complexity index is 216. The molecule has 3 nitrogen and oxygen atoms in total. The van der Waals surface area contributed by atoms with Crippen molar-refractivity contribution in [3.63, 3.8) is 0 Å². The zero-order valence-electron chi connectivity index (χ0n) is 9.32. The first-order valence-electron chi connectivity index (χ1n) is 5.80. The van der Waals surface area contributed by atoms with Crippen molar-refractivity contribution in [2.24, 2.45) is 0 Å². The van der Waals surface area contributed by atoms with E-state index >= 15 is 0 Å². The lowest BCUT2D eigenvalue weighted by Crippen LogP contribution is -2.40. The number of aliphatic carboxylic acids is 1. The quantitative estimate of drug-likeness (QED) is 0.685. The molecule has 15 heavy (non-hydrogen) atoms. The Morgan fingerprint density at radius 2 is 2.33 bits per heavy atom. The Hall–Kier alpha value is -0.830. The van der Waals surface area contributed by atoms with Crippen LogP contribution in [0.15, 0.2) is 12.7 Å². The van der Waals surface area contributed by atoms with Crippen LogP contribution in [0.5, 0.6) is 0 Å². The molecule has 1 rings (SSSR count). The van der Waals surface area contributed by atoms with E-state index in [2.05, 4.69) is 11.5 Å². The lowest BCUT2D eigenvalue weighted by atomic mass is 9.98. The van der Waals surface area contributed by atoms with E-state index in [1.54, 1.807) is 0 Å². The molecule has 86 valence electrons. The highest BCUT2D eigenvalue weighted by molar-refractivity contribution is 5.66. The third-order valence-electron chi connectivity index (χ3n) is 3.06. The highest BCUT2D eigenvalue weighted by atomic mass is 16.4.